The molecule has 0 bridgehead atoms. The Labute approximate surface area is 251 Å². The summed E-state index contributed by atoms with van der Waals surface area (Å²) in [5.41, 5.74) is 0.212. The van der Waals surface area contributed by atoms with E-state index in [2.05, 4.69) is 5.32 Å². The average molecular weight is 625 g/mol. The van der Waals surface area contributed by atoms with Crippen LogP contribution in [0, 0.1) is 0 Å². The van der Waals surface area contributed by atoms with Gasteiger partial charge in [-0.1, -0.05) is 72.1 Å². The summed E-state index contributed by atoms with van der Waals surface area (Å²) < 4.78 is 28.6. The molecule has 3 aromatic carbocycles. The Hall–Kier alpha value is -2.78. The minimum absolute atomic E-state index is 0.00703. The highest BCUT2D eigenvalue weighted by molar-refractivity contribution is 7.92. The Balaban J connectivity index is 2.09. The molecule has 3 aromatic rings. The van der Waals surface area contributed by atoms with Gasteiger partial charge in [0.2, 0.25) is 11.8 Å². The molecule has 0 aliphatic rings. The number of carbonyl (C=O) groups excluding carboxylic acids is 2. The Kier molecular flexibility index (Phi) is 10.5. The van der Waals surface area contributed by atoms with E-state index in [0.29, 0.717) is 20.6 Å². The van der Waals surface area contributed by atoms with E-state index >= 15 is 0 Å². The van der Waals surface area contributed by atoms with Crippen molar-refractivity contribution in [1.82, 2.24) is 10.2 Å². The maximum atomic E-state index is 14.1. The second-order valence-electron chi connectivity index (χ2n) is 10.2. The van der Waals surface area contributed by atoms with E-state index in [-0.39, 0.29) is 29.5 Å². The number of hydrogen-bond donors (Lipinski definition) is 1. The summed E-state index contributed by atoms with van der Waals surface area (Å²) in [7, 11) is -4.18. The molecule has 0 radical (unpaired) electrons. The smallest absolute Gasteiger partial charge is 0.264 e. The number of sulfonamides is 1. The van der Waals surface area contributed by atoms with E-state index in [1.807, 2.05) is 20.8 Å². The van der Waals surface area contributed by atoms with Crippen LogP contribution >= 0.6 is 34.8 Å². The van der Waals surface area contributed by atoms with Gasteiger partial charge in [0, 0.05) is 27.2 Å². The first-order valence-electron chi connectivity index (χ1n) is 12.6. The topological polar surface area (TPSA) is 86.8 Å². The van der Waals surface area contributed by atoms with Crippen LogP contribution in [-0.2, 0) is 26.2 Å². The van der Waals surface area contributed by atoms with Crippen molar-refractivity contribution in [1.29, 1.82) is 0 Å². The third-order valence-corrected chi connectivity index (χ3v) is 8.56. The number of benzene rings is 3. The van der Waals surface area contributed by atoms with E-state index in [0.717, 1.165) is 4.31 Å². The summed E-state index contributed by atoms with van der Waals surface area (Å²) in [4.78, 5) is 28.8. The van der Waals surface area contributed by atoms with E-state index < -0.39 is 34.1 Å². The first-order chi connectivity index (χ1) is 18.7. The monoisotopic (exact) mass is 623 g/mol. The highest BCUT2D eigenvalue weighted by Crippen LogP contribution is 2.28. The van der Waals surface area contributed by atoms with Gasteiger partial charge in [-0.05, 0) is 75.2 Å². The van der Waals surface area contributed by atoms with E-state index in [4.69, 9.17) is 34.8 Å². The van der Waals surface area contributed by atoms with Gasteiger partial charge in [-0.15, -0.1) is 0 Å². The quantitative estimate of drug-likeness (QED) is 0.277. The first-order valence-corrected chi connectivity index (χ1v) is 15.2. The maximum Gasteiger partial charge on any atom is 0.264 e. The van der Waals surface area contributed by atoms with Crippen molar-refractivity contribution < 1.29 is 18.0 Å². The minimum Gasteiger partial charge on any atom is -0.350 e. The molecule has 7 nitrogen and oxygen atoms in total. The Morgan fingerprint density at radius 3 is 2.12 bits per heavy atom. The molecule has 0 fully saturated rings. The molecule has 1 unspecified atom stereocenters. The highest BCUT2D eigenvalue weighted by Gasteiger charge is 2.35. The van der Waals surface area contributed by atoms with Crippen molar-refractivity contribution in [3.63, 3.8) is 0 Å². The summed E-state index contributed by atoms with van der Waals surface area (Å²) in [6.45, 7) is 6.68. The zero-order chi connectivity index (χ0) is 29.7. The third-order valence-electron chi connectivity index (χ3n) is 5.95. The van der Waals surface area contributed by atoms with Gasteiger partial charge in [0.05, 0.1) is 10.6 Å². The lowest BCUT2D eigenvalue weighted by atomic mass is 10.1. The number of nitrogens with zero attached hydrogens (tertiary/aromatic N) is 2. The second kappa shape index (κ2) is 13.3. The predicted octanol–water partition coefficient (Wildman–Crippen LogP) is 6.56. The van der Waals surface area contributed by atoms with E-state index in [1.54, 1.807) is 61.5 Å². The van der Waals surface area contributed by atoms with Crippen molar-refractivity contribution >= 4 is 62.3 Å². The lowest BCUT2D eigenvalue weighted by Crippen LogP contribution is -2.55. The molecule has 3 rings (SSSR count). The van der Waals surface area contributed by atoms with Crippen LogP contribution in [0.25, 0.3) is 0 Å². The van der Waals surface area contributed by atoms with Gasteiger partial charge in [-0.25, -0.2) is 8.42 Å². The average Bonchev–Trinajstić information content (AvgIpc) is 2.87. The molecule has 1 N–H and O–H groups in total. The predicted molar refractivity (Wildman–Crippen MR) is 161 cm³/mol. The van der Waals surface area contributed by atoms with Gasteiger partial charge in [0.25, 0.3) is 10.0 Å². The van der Waals surface area contributed by atoms with Crippen LogP contribution in [0.15, 0.2) is 77.7 Å². The fraction of sp³-hybridized carbons (Fsp3) is 0.310. The maximum absolute atomic E-state index is 14.1. The number of nitrogens with one attached hydrogen (secondary N) is 1. The zero-order valence-corrected chi connectivity index (χ0v) is 25.8. The normalized spacial score (nSPS) is 12.5. The van der Waals surface area contributed by atoms with Crippen LogP contribution in [0.1, 0.15) is 39.7 Å². The standard InChI is InChI=1S/C29H32Cl3N3O4S/c1-5-26(28(37)33-29(2,3)4)34(18-20-14-15-22(31)17-25(20)32)27(36)19-35(23-11-9-10-21(30)16-23)40(38,39)24-12-7-6-8-13-24/h6-17,26H,5,18-19H2,1-4H3,(H,33,37). The van der Waals surface area contributed by atoms with Gasteiger partial charge < -0.3 is 10.2 Å². The minimum atomic E-state index is -4.18. The largest absolute Gasteiger partial charge is 0.350 e. The third kappa shape index (κ3) is 8.13. The lowest BCUT2D eigenvalue weighted by Gasteiger charge is -2.35. The van der Waals surface area contributed by atoms with Gasteiger partial charge in [0.15, 0.2) is 0 Å². The Morgan fingerprint density at radius 2 is 1.55 bits per heavy atom. The first kappa shape index (κ1) is 31.7. The second-order valence-corrected chi connectivity index (χ2v) is 13.4. The molecule has 0 spiro atoms. The summed E-state index contributed by atoms with van der Waals surface area (Å²) in [6.07, 6.45) is 0.279. The number of carbonyl (C=O) groups is 2. The van der Waals surface area contributed by atoms with Crippen LogP contribution < -0.4 is 9.62 Å². The van der Waals surface area contributed by atoms with Gasteiger partial charge in [-0.3, -0.25) is 13.9 Å². The summed E-state index contributed by atoms with van der Waals surface area (Å²) >= 11 is 18.7. The number of halogens is 3. The summed E-state index contributed by atoms with van der Waals surface area (Å²) in [6, 6.07) is 18.0. The lowest BCUT2D eigenvalue weighted by molar-refractivity contribution is -0.141. The van der Waals surface area contributed by atoms with Crippen molar-refractivity contribution in [3.05, 3.63) is 93.4 Å². The molecule has 0 saturated carbocycles. The number of amides is 2. The zero-order valence-electron chi connectivity index (χ0n) is 22.7. The summed E-state index contributed by atoms with van der Waals surface area (Å²) in [5, 5.41) is 3.97. The fourth-order valence-corrected chi connectivity index (χ4v) is 6.17. The van der Waals surface area contributed by atoms with Crippen molar-refractivity contribution in [2.75, 3.05) is 10.8 Å². The molecule has 2 amide bonds. The molecule has 40 heavy (non-hydrogen) atoms. The number of anilines is 1. The van der Waals surface area contributed by atoms with Gasteiger partial charge >= 0.3 is 0 Å². The van der Waals surface area contributed by atoms with Crippen molar-refractivity contribution in [2.24, 2.45) is 0 Å². The van der Waals surface area contributed by atoms with Crippen LogP contribution in [0.5, 0.6) is 0 Å². The molecular formula is C29H32Cl3N3O4S. The van der Waals surface area contributed by atoms with Crippen molar-refractivity contribution in [2.45, 2.75) is 57.1 Å². The molecule has 214 valence electrons. The summed E-state index contributed by atoms with van der Waals surface area (Å²) in [5.74, 6) is -0.963. The molecule has 0 aromatic heterocycles. The van der Waals surface area contributed by atoms with Crippen molar-refractivity contribution in [3.8, 4) is 0 Å². The SMILES string of the molecule is CCC(C(=O)NC(C)(C)C)N(Cc1ccc(Cl)cc1Cl)C(=O)CN(c1cccc(Cl)c1)S(=O)(=O)c1ccccc1. The number of rotatable bonds is 10. The molecular weight excluding hydrogens is 593 g/mol. The molecule has 0 saturated heterocycles. The van der Waals surface area contributed by atoms with Crippen LogP contribution in [-0.4, -0.2) is 43.3 Å². The Morgan fingerprint density at radius 1 is 0.900 bits per heavy atom. The number of hydrogen-bond acceptors (Lipinski definition) is 4. The molecule has 0 aliphatic carbocycles. The molecule has 1 atom stereocenters. The van der Waals surface area contributed by atoms with Gasteiger partial charge in [0.1, 0.15) is 12.6 Å². The van der Waals surface area contributed by atoms with Crippen LogP contribution in [0.4, 0.5) is 5.69 Å². The highest BCUT2D eigenvalue weighted by atomic mass is 35.5. The Bertz CT molecular complexity index is 1460. The fourth-order valence-electron chi connectivity index (χ4n) is 4.09. The molecule has 11 heteroatoms. The van der Waals surface area contributed by atoms with Crippen LogP contribution in [0.2, 0.25) is 15.1 Å². The molecule has 0 heterocycles. The van der Waals surface area contributed by atoms with E-state index in [1.165, 1.54) is 23.1 Å². The van der Waals surface area contributed by atoms with Crippen LogP contribution in [0.3, 0.4) is 0 Å². The van der Waals surface area contributed by atoms with E-state index in [9.17, 15) is 18.0 Å². The van der Waals surface area contributed by atoms with Gasteiger partial charge in [-0.2, -0.15) is 0 Å². The molecule has 0 aliphatic heterocycles.